The molecule has 2 N–H and O–H groups in total. The topological polar surface area (TPSA) is 58.6 Å². The van der Waals surface area contributed by atoms with Crippen LogP contribution >= 0.6 is 11.8 Å². The highest BCUT2D eigenvalue weighted by molar-refractivity contribution is 7.98. The lowest BCUT2D eigenvalue weighted by Crippen LogP contribution is -2.36. The molecule has 0 amide bonds. The molecule has 130 valence electrons. The molecule has 2 aromatic carbocycles. The Morgan fingerprint density at radius 1 is 1.25 bits per heavy atom. The summed E-state index contributed by atoms with van der Waals surface area (Å²) in [7, 11) is 0. The molecule has 0 spiro atoms. The average molecular weight is 347 g/mol. The maximum absolute atomic E-state index is 11.4. The molecule has 0 aromatic heterocycles. The van der Waals surface area contributed by atoms with Crippen molar-refractivity contribution in [2.24, 2.45) is 0 Å². The van der Waals surface area contributed by atoms with Crippen molar-refractivity contribution in [1.29, 1.82) is 0 Å². The molecular weight excluding hydrogens is 322 g/mol. The second kappa shape index (κ2) is 8.94. The molecule has 0 radical (unpaired) electrons. The van der Waals surface area contributed by atoms with Crippen molar-refractivity contribution in [3.63, 3.8) is 0 Å². The number of ether oxygens (including phenoxy) is 1. The lowest BCUT2D eigenvalue weighted by molar-refractivity contribution is -0.139. The molecule has 0 aliphatic carbocycles. The maximum Gasteiger partial charge on any atom is 0.320 e. The standard InChI is InChI=1S/C19H25NO3S/c1-13(2)23-18-9-8-14-6-4-5-7-15(14)16(18)12-20-17(19(21)22)10-11-24-3/h4-9,13,17,20H,10-12H2,1-3H3,(H,21,22). The van der Waals surface area contributed by atoms with Crippen LogP contribution in [-0.2, 0) is 11.3 Å². The van der Waals surface area contributed by atoms with E-state index in [2.05, 4.69) is 17.4 Å². The molecule has 0 fully saturated rings. The van der Waals surface area contributed by atoms with Gasteiger partial charge in [0.15, 0.2) is 0 Å². The summed E-state index contributed by atoms with van der Waals surface area (Å²) in [6, 6.07) is 11.6. The summed E-state index contributed by atoms with van der Waals surface area (Å²) >= 11 is 1.66. The van der Waals surface area contributed by atoms with E-state index in [0.717, 1.165) is 27.8 Å². The summed E-state index contributed by atoms with van der Waals surface area (Å²) in [6.45, 7) is 4.45. The van der Waals surface area contributed by atoms with Gasteiger partial charge in [-0.1, -0.05) is 30.3 Å². The van der Waals surface area contributed by atoms with Gasteiger partial charge in [-0.25, -0.2) is 0 Å². The van der Waals surface area contributed by atoms with E-state index in [-0.39, 0.29) is 6.10 Å². The third kappa shape index (κ3) is 4.89. The first-order valence-electron chi connectivity index (χ1n) is 8.15. The van der Waals surface area contributed by atoms with E-state index >= 15 is 0 Å². The molecular formula is C19H25NO3S. The van der Waals surface area contributed by atoms with Gasteiger partial charge in [-0.15, -0.1) is 0 Å². The van der Waals surface area contributed by atoms with Crippen molar-refractivity contribution in [3.05, 3.63) is 42.0 Å². The summed E-state index contributed by atoms with van der Waals surface area (Å²) in [6.07, 6.45) is 2.65. The second-order valence-corrected chi connectivity index (χ2v) is 6.97. The van der Waals surface area contributed by atoms with Crippen molar-refractivity contribution >= 4 is 28.5 Å². The quantitative estimate of drug-likeness (QED) is 0.720. The first kappa shape index (κ1) is 18.6. The number of carboxylic acids is 1. The van der Waals surface area contributed by atoms with Crippen molar-refractivity contribution < 1.29 is 14.6 Å². The zero-order valence-electron chi connectivity index (χ0n) is 14.4. The molecule has 0 bridgehead atoms. The SMILES string of the molecule is CSCCC(NCc1c(OC(C)C)ccc2ccccc12)C(=O)O. The first-order chi connectivity index (χ1) is 11.5. The molecule has 2 rings (SSSR count). The van der Waals surface area contributed by atoms with Crippen LogP contribution in [0.2, 0.25) is 0 Å². The molecule has 1 atom stereocenters. The van der Waals surface area contributed by atoms with Crippen LogP contribution in [0.1, 0.15) is 25.8 Å². The van der Waals surface area contributed by atoms with Gasteiger partial charge in [0.05, 0.1) is 6.10 Å². The van der Waals surface area contributed by atoms with Gasteiger partial charge in [0.25, 0.3) is 0 Å². The Balaban J connectivity index is 2.28. The van der Waals surface area contributed by atoms with Gasteiger partial charge >= 0.3 is 5.97 Å². The minimum atomic E-state index is -0.810. The minimum Gasteiger partial charge on any atom is -0.491 e. The third-order valence-electron chi connectivity index (χ3n) is 3.79. The van der Waals surface area contributed by atoms with Crippen LogP contribution in [0.25, 0.3) is 10.8 Å². The molecule has 0 aliphatic rings. The number of aliphatic carboxylic acids is 1. The highest BCUT2D eigenvalue weighted by Crippen LogP contribution is 2.29. The number of hydrogen-bond acceptors (Lipinski definition) is 4. The Bertz CT molecular complexity index is 687. The molecule has 4 nitrogen and oxygen atoms in total. The largest absolute Gasteiger partial charge is 0.491 e. The summed E-state index contributed by atoms with van der Waals surface area (Å²) in [4.78, 5) is 11.4. The molecule has 24 heavy (non-hydrogen) atoms. The smallest absolute Gasteiger partial charge is 0.320 e. The lowest BCUT2D eigenvalue weighted by atomic mass is 10.0. The van der Waals surface area contributed by atoms with E-state index < -0.39 is 12.0 Å². The molecule has 0 heterocycles. The van der Waals surface area contributed by atoms with Crippen molar-refractivity contribution in [2.75, 3.05) is 12.0 Å². The van der Waals surface area contributed by atoms with Gasteiger partial charge in [0, 0.05) is 12.1 Å². The predicted octanol–water partition coefficient (Wildman–Crippen LogP) is 3.92. The molecule has 0 saturated carbocycles. The van der Waals surface area contributed by atoms with Crippen LogP contribution < -0.4 is 10.1 Å². The van der Waals surface area contributed by atoms with Crippen molar-refractivity contribution in [1.82, 2.24) is 5.32 Å². The Morgan fingerprint density at radius 3 is 2.67 bits per heavy atom. The van der Waals surface area contributed by atoms with Gasteiger partial charge in [-0.3, -0.25) is 4.79 Å². The normalized spacial score (nSPS) is 12.5. The molecule has 0 saturated heterocycles. The summed E-state index contributed by atoms with van der Waals surface area (Å²) < 4.78 is 5.94. The number of carboxylic acid groups (broad SMARTS) is 1. The minimum absolute atomic E-state index is 0.0664. The van der Waals surface area contributed by atoms with Gasteiger partial charge in [0.2, 0.25) is 0 Å². The molecule has 0 aliphatic heterocycles. The fourth-order valence-electron chi connectivity index (χ4n) is 2.64. The van der Waals surface area contributed by atoms with Gasteiger partial charge in [0.1, 0.15) is 11.8 Å². The zero-order chi connectivity index (χ0) is 17.5. The van der Waals surface area contributed by atoms with E-state index in [4.69, 9.17) is 4.74 Å². The third-order valence-corrected chi connectivity index (χ3v) is 4.44. The molecule has 5 heteroatoms. The molecule has 2 aromatic rings. The Labute approximate surface area is 147 Å². The maximum atomic E-state index is 11.4. The predicted molar refractivity (Wildman–Crippen MR) is 101 cm³/mol. The summed E-state index contributed by atoms with van der Waals surface area (Å²) in [5, 5.41) is 14.8. The second-order valence-electron chi connectivity index (χ2n) is 5.98. The van der Waals surface area contributed by atoms with Gasteiger partial charge < -0.3 is 15.2 Å². The zero-order valence-corrected chi connectivity index (χ0v) is 15.2. The van der Waals surface area contributed by atoms with E-state index in [1.54, 1.807) is 11.8 Å². The van der Waals surface area contributed by atoms with Crippen LogP contribution in [0.4, 0.5) is 0 Å². The van der Waals surface area contributed by atoms with Crippen LogP contribution in [-0.4, -0.2) is 35.2 Å². The van der Waals surface area contributed by atoms with Crippen LogP contribution in [0, 0.1) is 0 Å². The Morgan fingerprint density at radius 2 is 2.00 bits per heavy atom. The van der Waals surface area contributed by atoms with E-state index in [1.165, 1.54) is 0 Å². The molecule has 1 unspecified atom stereocenters. The van der Waals surface area contributed by atoms with Crippen molar-refractivity contribution in [3.8, 4) is 5.75 Å². The lowest BCUT2D eigenvalue weighted by Gasteiger charge is -2.19. The van der Waals surface area contributed by atoms with Gasteiger partial charge in [-0.05, 0) is 49.1 Å². The highest BCUT2D eigenvalue weighted by atomic mass is 32.2. The summed E-state index contributed by atoms with van der Waals surface area (Å²) in [5.74, 6) is 0.815. The highest BCUT2D eigenvalue weighted by Gasteiger charge is 2.18. The Hall–Kier alpha value is -1.72. The fourth-order valence-corrected chi connectivity index (χ4v) is 3.11. The monoisotopic (exact) mass is 347 g/mol. The van der Waals surface area contributed by atoms with Crippen molar-refractivity contribution in [2.45, 2.75) is 39.0 Å². The van der Waals surface area contributed by atoms with E-state index in [0.29, 0.717) is 13.0 Å². The Kier molecular flexibility index (Phi) is 6.94. The number of thioether (sulfide) groups is 1. The van der Waals surface area contributed by atoms with E-state index in [9.17, 15) is 9.90 Å². The first-order valence-corrected chi connectivity index (χ1v) is 9.54. The number of rotatable bonds is 9. The number of carbonyl (C=O) groups is 1. The van der Waals surface area contributed by atoms with Crippen LogP contribution in [0.15, 0.2) is 36.4 Å². The van der Waals surface area contributed by atoms with Gasteiger partial charge in [-0.2, -0.15) is 11.8 Å². The average Bonchev–Trinajstić information content (AvgIpc) is 2.55. The number of nitrogens with one attached hydrogen (secondary N) is 1. The van der Waals surface area contributed by atoms with Crippen LogP contribution in [0.3, 0.4) is 0 Å². The fraction of sp³-hybridized carbons (Fsp3) is 0.421. The summed E-state index contributed by atoms with van der Waals surface area (Å²) in [5.41, 5.74) is 1.01. The van der Waals surface area contributed by atoms with Crippen LogP contribution in [0.5, 0.6) is 5.75 Å². The number of fused-ring (bicyclic) bond motifs is 1. The number of benzene rings is 2. The number of hydrogen-bond donors (Lipinski definition) is 2. The van der Waals surface area contributed by atoms with E-state index in [1.807, 2.05) is 44.4 Å².